The first kappa shape index (κ1) is 16.0. The lowest BCUT2D eigenvalue weighted by molar-refractivity contribution is 0.0922. The molecule has 120 valence electrons. The predicted molar refractivity (Wildman–Crippen MR) is 96.0 cm³/mol. The topological polar surface area (TPSA) is 54.0 Å². The fraction of sp³-hybridized carbons (Fsp3) is 0.333. The summed E-state index contributed by atoms with van der Waals surface area (Å²) in [5.41, 5.74) is 2.28. The molecule has 1 heterocycles. The van der Waals surface area contributed by atoms with Crippen molar-refractivity contribution in [3.63, 3.8) is 0 Å². The number of carbonyl (C=O) groups excluding carboxylic acids is 1. The van der Waals surface area contributed by atoms with Gasteiger partial charge in [0.15, 0.2) is 0 Å². The lowest BCUT2D eigenvalue weighted by atomic mass is 9.95. The molecule has 1 aliphatic carbocycles. The van der Waals surface area contributed by atoms with Gasteiger partial charge in [0.2, 0.25) is 0 Å². The molecule has 0 bridgehead atoms. The van der Waals surface area contributed by atoms with Gasteiger partial charge in [0.05, 0.1) is 0 Å². The Kier molecular flexibility index (Phi) is 5.28. The third-order valence-electron chi connectivity index (χ3n) is 4.07. The number of amides is 1. The lowest BCUT2D eigenvalue weighted by Crippen LogP contribution is -2.36. The van der Waals surface area contributed by atoms with Gasteiger partial charge in [-0.3, -0.25) is 9.78 Å². The highest BCUT2D eigenvalue weighted by molar-refractivity contribution is 9.10. The minimum atomic E-state index is -0.0867. The highest BCUT2D eigenvalue weighted by Crippen LogP contribution is 2.20. The summed E-state index contributed by atoms with van der Waals surface area (Å²) in [4.78, 5) is 16.6. The van der Waals surface area contributed by atoms with E-state index in [2.05, 4.69) is 31.5 Å². The quantitative estimate of drug-likeness (QED) is 0.819. The molecule has 3 rings (SSSR count). The van der Waals surface area contributed by atoms with Crippen molar-refractivity contribution in [1.82, 2.24) is 10.3 Å². The average Bonchev–Trinajstić information content (AvgIpc) is 2.58. The SMILES string of the molecule is O=C(NC1CCCCC1)c1cc(Nc2ccc(Br)cc2)ccn1. The van der Waals surface area contributed by atoms with Gasteiger partial charge in [-0.25, -0.2) is 0 Å². The number of hydrogen-bond donors (Lipinski definition) is 2. The van der Waals surface area contributed by atoms with Gasteiger partial charge in [-0.05, 0) is 49.2 Å². The molecule has 1 aromatic carbocycles. The Morgan fingerprint density at radius 1 is 1.04 bits per heavy atom. The minimum Gasteiger partial charge on any atom is -0.355 e. The first-order valence-electron chi connectivity index (χ1n) is 8.00. The number of rotatable bonds is 4. The van der Waals surface area contributed by atoms with E-state index in [1.807, 2.05) is 30.3 Å². The Balaban J connectivity index is 1.66. The maximum Gasteiger partial charge on any atom is 0.270 e. The molecule has 1 aromatic heterocycles. The molecule has 4 nitrogen and oxygen atoms in total. The van der Waals surface area contributed by atoms with Crippen LogP contribution in [0.5, 0.6) is 0 Å². The third-order valence-corrected chi connectivity index (χ3v) is 4.59. The van der Waals surface area contributed by atoms with E-state index in [-0.39, 0.29) is 5.91 Å². The fourth-order valence-electron chi connectivity index (χ4n) is 2.84. The number of benzene rings is 1. The van der Waals surface area contributed by atoms with Crippen molar-refractivity contribution in [2.24, 2.45) is 0 Å². The van der Waals surface area contributed by atoms with E-state index in [1.54, 1.807) is 12.3 Å². The van der Waals surface area contributed by atoms with Crippen molar-refractivity contribution in [1.29, 1.82) is 0 Å². The number of halogens is 1. The summed E-state index contributed by atoms with van der Waals surface area (Å²) in [6.45, 7) is 0. The van der Waals surface area contributed by atoms with Crippen LogP contribution in [0.25, 0.3) is 0 Å². The molecule has 0 atom stereocenters. The number of hydrogen-bond acceptors (Lipinski definition) is 3. The summed E-state index contributed by atoms with van der Waals surface area (Å²) >= 11 is 3.42. The van der Waals surface area contributed by atoms with Crippen LogP contribution in [0.1, 0.15) is 42.6 Å². The van der Waals surface area contributed by atoms with Gasteiger partial charge in [0.25, 0.3) is 5.91 Å². The van der Waals surface area contributed by atoms with E-state index in [0.29, 0.717) is 11.7 Å². The van der Waals surface area contributed by atoms with E-state index in [9.17, 15) is 4.79 Å². The summed E-state index contributed by atoms with van der Waals surface area (Å²) in [5, 5.41) is 6.39. The van der Waals surface area contributed by atoms with E-state index in [1.165, 1.54) is 19.3 Å². The molecule has 0 saturated heterocycles. The minimum absolute atomic E-state index is 0.0867. The average molecular weight is 374 g/mol. The molecule has 0 aliphatic heterocycles. The highest BCUT2D eigenvalue weighted by atomic mass is 79.9. The Labute approximate surface area is 144 Å². The Morgan fingerprint density at radius 3 is 2.52 bits per heavy atom. The van der Waals surface area contributed by atoms with Gasteiger partial charge in [-0.2, -0.15) is 0 Å². The van der Waals surface area contributed by atoms with Gasteiger partial charge < -0.3 is 10.6 Å². The van der Waals surface area contributed by atoms with E-state index < -0.39 is 0 Å². The van der Waals surface area contributed by atoms with Gasteiger partial charge in [-0.1, -0.05) is 35.2 Å². The summed E-state index contributed by atoms with van der Waals surface area (Å²) in [6, 6.07) is 11.8. The Hall–Kier alpha value is -1.88. The molecule has 1 saturated carbocycles. The summed E-state index contributed by atoms with van der Waals surface area (Å²) in [5.74, 6) is -0.0867. The molecule has 1 amide bonds. The zero-order valence-corrected chi connectivity index (χ0v) is 14.5. The number of carbonyl (C=O) groups is 1. The first-order chi connectivity index (χ1) is 11.2. The van der Waals surface area contributed by atoms with Crippen LogP contribution in [-0.2, 0) is 0 Å². The van der Waals surface area contributed by atoms with E-state index >= 15 is 0 Å². The molecular weight excluding hydrogens is 354 g/mol. The molecule has 0 radical (unpaired) electrons. The standard InChI is InChI=1S/C18H20BrN3O/c19-13-6-8-15(9-7-13)21-16-10-11-20-17(12-16)18(23)22-14-4-2-1-3-5-14/h6-12,14H,1-5H2,(H,20,21)(H,22,23). The van der Waals surface area contributed by atoms with Gasteiger partial charge >= 0.3 is 0 Å². The van der Waals surface area contributed by atoms with Crippen molar-refractivity contribution in [2.45, 2.75) is 38.1 Å². The molecule has 5 heteroatoms. The predicted octanol–water partition coefficient (Wildman–Crippen LogP) is 4.65. The Bertz CT molecular complexity index is 666. The third kappa shape index (κ3) is 4.55. The summed E-state index contributed by atoms with van der Waals surface area (Å²) in [7, 11) is 0. The van der Waals surface area contributed by atoms with Crippen molar-refractivity contribution < 1.29 is 4.79 Å². The highest BCUT2D eigenvalue weighted by Gasteiger charge is 2.17. The number of anilines is 2. The van der Waals surface area contributed by atoms with Crippen LogP contribution in [0.2, 0.25) is 0 Å². The number of pyridine rings is 1. The van der Waals surface area contributed by atoms with E-state index in [0.717, 1.165) is 28.7 Å². The molecule has 0 unspecified atom stereocenters. The smallest absolute Gasteiger partial charge is 0.270 e. The van der Waals surface area contributed by atoms with Crippen LogP contribution >= 0.6 is 15.9 Å². The van der Waals surface area contributed by atoms with Crippen LogP contribution in [0.4, 0.5) is 11.4 Å². The van der Waals surface area contributed by atoms with Crippen LogP contribution in [0, 0.1) is 0 Å². The second-order valence-corrected chi connectivity index (χ2v) is 6.79. The maximum atomic E-state index is 12.4. The lowest BCUT2D eigenvalue weighted by Gasteiger charge is -2.22. The maximum absolute atomic E-state index is 12.4. The monoisotopic (exact) mass is 373 g/mol. The number of nitrogens with zero attached hydrogens (tertiary/aromatic N) is 1. The molecule has 0 spiro atoms. The second kappa shape index (κ2) is 7.59. The van der Waals surface area contributed by atoms with Gasteiger partial charge in [-0.15, -0.1) is 0 Å². The second-order valence-electron chi connectivity index (χ2n) is 5.87. The zero-order valence-electron chi connectivity index (χ0n) is 12.9. The molecule has 2 N–H and O–H groups in total. The van der Waals surface area contributed by atoms with Gasteiger partial charge in [0.1, 0.15) is 5.69 Å². The van der Waals surface area contributed by atoms with Gasteiger partial charge in [0, 0.05) is 28.1 Å². The summed E-state index contributed by atoms with van der Waals surface area (Å²) in [6.07, 6.45) is 7.48. The fourth-order valence-corrected chi connectivity index (χ4v) is 3.10. The van der Waals surface area contributed by atoms with Crippen molar-refractivity contribution in [2.75, 3.05) is 5.32 Å². The van der Waals surface area contributed by atoms with Crippen LogP contribution in [0.15, 0.2) is 47.1 Å². The molecule has 1 aliphatic rings. The molecule has 1 fully saturated rings. The zero-order chi connectivity index (χ0) is 16.1. The van der Waals surface area contributed by atoms with Crippen LogP contribution in [-0.4, -0.2) is 16.9 Å². The number of nitrogens with one attached hydrogen (secondary N) is 2. The van der Waals surface area contributed by atoms with E-state index in [4.69, 9.17) is 0 Å². The molecule has 2 aromatic rings. The van der Waals surface area contributed by atoms with Crippen LogP contribution in [0.3, 0.4) is 0 Å². The molecular formula is C18H20BrN3O. The van der Waals surface area contributed by atoms with Crippen molar-refractivity contribution in [3.05, 3.63) is 52.8 Å². The molecule has 23 heavy (non-hydrogen) atoms. The van der Waals surface area contributed by atoms with Crippen molar-refractivity contribution in [3.8, 4) is 0 Å². The summed E-state index contributed by atoms with van der Waals surface area (Å²) < 4.78 is 1.03. The largest absolute Gasteiger partial charge is 0.355 e. The normalized spacial score (nSPS) is 15.2. The number of aromatic nitrogens is 1. The first-order valence-corrected chi connectivity index (χ1v) is 8.79. The van der Waals surface area contributed by atoms with Crippen molar-refractivity contribution >= 4 is 33.2 Å². The Morgan fingerprint density at radius 2 is 1.78 bits per heavy atom. The van der Waals surface area contributed by atoms with Crippen LogP contribution < -0.4 is 10.6 Å².